The van der Waals surface area contributed by atoms with Gasteiger partial charge in [0.1, 0.15) is 12.4 Å². The Hall–Kier alpha value is -2.07. The van der Waals surface area contributed by atoms with E-state index in [2.05, 4.69) is 20.9 Å². The van der Waals surface area contributed by atoms with E-state index in [0.29, 0.717) is 12.3 Å². The number of nitrogens with two attached hydrogens (primary N) is 1. The Morgan fingerprint density at radius 3 is 2.65 bits per heavy atom. The van der Waals surface area contributed by atoms with E-state index in [4.69, 9.17) is 10.5 Å². The maximum Gasteiger partial charge on any atom is 0.130 e. The number of aromatic nitrogens is 1. The lowest BCUT2D eigenvalue weighted by Crippen LogP contribution is -1.97. The van der Waals surface area contributed by atoms with Gasteiger partial charge in [-0.25, -0.2) is 0 Å². The Balaban J connectivity index is 1.88. The summed E-state index contributed by atoms with van der Waals surface area (Å²) >= 11 is 3.42. The summed E-state index contributed by atoms with van der Waals surface area (Å²) in [6, 6.07) is 15.6. The predicted molar refractivity (Wildman–Crippen MR) is 84.6 cm³/mol. The predicted octanol–water partition coefficient (Wildman–Crippen LogP) is 4.16. The molecule has 0 atom stereocenters. The van der Waals surface area contributed by atoms with Crippen molar-refractivity contribution in [3.63, 3.8) is 0 Å². The van der Waals surface area contributed by atoms with Crippen molar-refractivity contribution < 1.29 is 4.74 Å². The van der Waals surface area contributed by atoms with Gasteiger partial charge in [0, 0.05) is 16.1 Å². The van der Waals surface area contributed by atoms with E-state index in [0.717, 1.165) is 26.7 Å². The van der Waals surface area contributed by atoms with Crippen molar-refractivity contribution in [1.29, 1.82) is 0 Å². The van der Waals surface area contributed by atoms with E-state index in [1.807, 2.05) is 48.5 Å². The number of anilines is 1. The van der Waals surface area contributed by atoms with Gasteiger partial charge in [-0.1, -0.05) is 34.1 Å². The fraction of sp³-hybridized carbons (Fsp3) is 0.0625. The van der Waals surface area contributed by atoms with Gasteiger partial charge in [-0.05, 0) is 35.9 Å². The second kappa shape index (κ2) is 5.51. The largest absolute Gasteiger partial charge is 0.488 e. The van der Waals surface area contributed by atoms with Crippen LogP contribution >= 0.6 is 15.9 Å². The van der Waals surface area contributed by atoms with Crippen LogP contribution in [0.2, 0.25) is 0 Å². The Morgan fingerprint density at radius 2 is 1.85 bits per heavy atom. The molecule has 2 aromatic carbocycles. The zero-order valence-corrected chi connectivity index (χ0v) is 12.3. The van der Waals surface area contributed by atoms with E-state index in [1.165, 1.54) is 0 Å². The molecule has 0 aliphatic rings. The molecule has 0 unspecified atom stereocenters. The maximum absolute atomic E-state index is 5.93. The number of fused-ring (bicyclic) bond motifs is 1. The minimum Gasteiger partial charge on any atom is -0.488 e. The minimum atomic E-state index is 0.515. The molecule has 0 saturated carbocycles. The van der Waals surface area contributed by atoms with Gasteiger partial charge >= 0.3 is 0 Å². The highest BCUT2D eigenvalue weighted by Crippen LogP contribution is 2.27. The monoisotopic (exact) mass is 328 g/mol. The minimum absolute atomic E-state index is 0.515. The summed E-state index contributed by atoms with van der Waals surface area (Å²) < 4.78 is 6.95. The van der Waals surface area contributed by atoms with Crippen molar-refractivity contribution in [3.05, 3.63) is 64.8 Å². The molecule has 20 heavy (non-hydrogen) atoms. The third-order valence-corrected chi connectivity index (χ3v) is 3.60. The molecule has 3 aromatic rings. The lowest BCUT2D eigenvalue weighted by atomic mass is 10.2. The number of pyridine rings is 1. The van der Waals surface area contributed by atoms with Crippen LogP contribution in [0.3, 0.4) is 0 Å². The molecule has 0 bridgehead atoms. The molecule has 1 heterocycles. The summed E-state index contributed by atoms with van der Waals surface area (Å²) in [6.45, 7) is 0.515. The average Bonchev–Trinajstić information content (AvgIpc) is 2.47. The summed E-state index contributed by atoms with van der Waals surface area (Å²) in [7, 11) is 0. The van der Waals surface area contributed by atoms with Crippen molar-refractivity contribution in [1.82, 2.24) is 4.98 Å². The van der Waals surface area contributed by atoms with Crippen LogP contribution in [0.1, 0.15) is 5.56 Å². The molecule has 0 spiro atoms. The normalized spacial score (nSPS) is 10.7. The summed E-state index contributed by atoms with van der Waals surface area (Å²) in [5.74, 6) is 0.796. The Morgan fingerprint density at radius 1 is 1.05 bits per heavy atom. The van der Waals surface area contributed by atoms with E-state index in [9.17, 15) is 0 Å². The molecule has 2 N–H and O–H groups in total. The van der Waals surface area contributed by atoms with Crippen molar-refractivity contribution in [2.45, 2.75) is 6.61 Å². The van der Waals surface area contributed by atoms with Crippen molar-refractivity contribution in [2.24, 2.45) is 0 Å². The number of para-hydroxylation sites is 1. The second-order valence-electron chi connectivity index (χ2n) is 4.47. The number of ether oxygens (including phenoxy) is 1. The lowest BCUT2D eigenvalue weighted by molar-refractivity contribution is 0.310. The van der Waals surface area contributed by atoms with Gasteiger partial charge in [0.15, 0.2) is 0 Å². The van der Waals surface area contributed by atoms with Gasteiger partial charge in [0.25, 0.3) is 0 Å². The number of hydrogen-bond donors (Lipinski definition) is 1. The molecule has 0 radical (unpaired) electrons. The van der Waals surface area contributed by atoms with Gasteiger partial charge < -0.3 is 10.5 Å². The van der Waals surface area contributed by atoms with Crippen LogP contribution in [0, 0.1) is 0 Å². The molecule has 3 nitrogen and oxygen atoms in total. The zero-order valence-electron chi connectivity index (χ0n) is 10.7. The number of nitrogens with zero attached hydrogens (tertiary/aromatic N) is 1. The quantitative estimate of drug-likeness (QED) is 0.734. The summed E-state index contributed by atoms with van der Waals surface area (Å²) in [6.07, 6.45) is 1.72. The molecule has 0 aliphatic carbocycles. The van der Waals surface area contributed by atoms with E-state index in [1.54, 1.807) is 6.20 Å². The third kappa shape index (κ3) is 2.60. The van der Waals surface area contributed by atoms with Crippen molar-refractivity contribution in [2.75, 3.05) is 5.73 Å². The molecule has 4 heteroatoms. The summed E-state index contributed by atoms with van der Waals surface area (Å²) in [5.41, 5.74) is 8.48. The number of rotatable bonds is 3. The van der Waals surface area contributed by atoms with Crippen LogP contribution in [-0.4, -0.2) is 4.98 Å². The number of nitrogen functional groups attached to an aromatic ring is 1. The topological polar surface area (TPSA) is 48.1 Å². The van der Waals surface area contributed by atoms with Crippen LogP contribution in [0.5, 0.6) is 5.75 Å². The van der Waals surface area contributed by atoms with Crippen LogP contribution < -0.4 is 10.5 Å². The third-order valence-electron chi connectivity index (χ3n) is 3.07. The van der Waals surface area contributed by atoms with Crippen molar-refractivity contribution in [3.8, 4) is 5.75 Å². The molecule has 1 aromatic heterocycles. The highest BCUT2D eigenvalue weighted by atomic mass is 79.9. The molecule has 100 valence electrons. The Labute approximate surface area is 125 Å². The molecule has 0 aliphatic heterocycles. The Bertz CT molecular complexity index is 741. The summed E-state index contributed by atoms with van der Waals surface area (Å²) in [4.78, 5) is 4.30. The van der Waals surface area contributed by atoms with Crippen LogP contribution in [-0.2, 0) is 6.61 Å². The van der Waals surface area contributed by atoms with Crippen LogP contribution in [0.15, 0.2) is 59.2 Å². The standard InChI is InChI=1S/C16H13BrN2O/c17-12-6-4-11(5-7-12)10-20-15-8-9-19-16-13(15)2-1-3-14(16)18/h1-9H,10,18H2. The average molecular weight is 329 g/mol. The van der Waals surface area contributed by atoms with E-state index < -0.39 is 0 Å². The fourth-order valence-corrected chi connectivity index (χ4v) is 2.31. The molecular formula is C16H13BrN2O. The highest BCUT2D eigenvalue weighted by molar-refractivity contribution is 9.10. The van der Waals surface area contributed by atoms with E-state index >= 15 is 0 Å². The van der Waals surface area contributed by atoms with Gasteiger partial charge in [-0.15, -0.1) is 0 Å². The maximum atomic E-state index is 5.93. The van der Waals surface area contributed by atoms with Crippen molar-refractivity contribution >= 4 is 32.5 Å². The second-order valence-corrected chi connectivity index (χ2v) is 5.38. The van der Waals surface area contributed by atoms with Gasteiger partial charge in [0.05, 0.1) is 11.2 Å². The van der Waals surface area contributed by atoms with Gasteiger partial charge in [-0.2, -0.15) is 0 Å². The van der Waals surface area contributed by atoms with Crippen LogP contribution in [0.4, 0.5) is 5.69 Å². The first-order chi connectivity index (χ1) is 9.74. The first-order valence-electron chi connectivity index (χ1n) is 6.24. The number of benzene rings is 2. The van der Waals surface area contributed by atoms with E-state index in [-0.39, 0.29) is 0 Å². The molecule has 0 amide bonds. The fourth-order valence-electron chi connectivity index (χ4n) is 2.04. The molecule has 0 fully saturated rings. The molecular weight excluding hydrogens is 316 g/mol. The zero-order chi connectivity index (χ0) is 13.9. The SMILES string of the molecule is Nc1cccc2c(OCc3ccc(Br)cc3)ccnc12. The first kappa shape index (κ1) is 12.9. The highest BCUT2D eigenvalue weighted by Gasteiger charge is 2.05. The number of hydrogen-bond acceptors (Lipinski definition) is 3. The van der Waals surface area contributed by atoms with Gasteiger partial charge in [-0.3, -0.25) is 4.98 Å². The van der Waals surface area contributed by atoms with Gasteiger partial charge in [0.2, 0.25) is 0 Å². The molecule has 3 rings (SSSR count). The smallest absolute Gasteiger partial charge is 0.130 e. The lowest BCUT2D eigenvalue weighted by Gasteiger charge is -2.10. The first-order valence-corrected chi connectivity index (χ1v) is 7.04. The summed E-state index contributed by atoms with van der Waals surface area (Å²) in [5, 5.41) is 0.935. The Kier molecular flexibility index (Phi) is 3.56. The molecule has 0 saturated heterocycles. The van der Waals surface area contributed by atoms with Crippen LogP contribution in [0.25, 0.3) is 10.9 Å². The number of halogens is 1.